The van der Waals surface area contributed by atoms with Crippen LogP contribution in [-0.2, 0) is 4.79 Å². The van der Waals surface area contributed by atoms with E-state index in [1.165, 1.54) is 0 Å². The molecule has 0 aliphatic carbocycles. The second kappa shape index (κ2) is 5.65. The number of carbonyl (C=O) groups is 1. The Bertz CT molecular complexity index is 611. The van der Waals surface area contributed by atoms with Gasteiger partial charge in [-0.25, -0.2) is 4.85 Å². The van der Waals surface area contributed by atoms with Crippen LogP contribution in [0, 0.1) is 6.57 Å². The number of aliphatic carboxylic acids is 1. The van der Waals surface area contributed by atoms with Crippen LogP contribution in [0.2, 0.25) is 0 Å². The molecule has 2 rings (SSSR count). The fraction of sp³-hybridized carbons (Fsp3) is 0. The van der Waals surface area contributed by atoms with Crippen LogP contribution in [0.5, 0.6) is 0 Å². The van der Waals surface area contributed by atoms with Crippen LogP contribution in [0.25, 0.3) is 10.4 Å². The molecule has 0 saturated heterocycles. The Hall–Kier alpha value is -2.86. The molecule has 0 heterocycles. The lowest BCUT2D eigenvalue weighted by molar-refractivity contribution is -0.132. The molecule has 0 amide bonds. The van der Waals surface area contributed by atoms with E-state index in [2.05, 4.69) is 4.85 Å². The molecule has 0 aliphatic rings. The van der Waals surface area contributed by atoms with Crippen molar-refractivity contribution < 1.29 is 9.90 Å². The molecular weight excluding hydrogens is 238 g/mol. The second-order valence-corrected chi connectivity index (χ2v) is 3.87. The zero-order chi connectivity index (χ0) is 13.7. The van der Waals surface area contributed by atoms with E-state index in [4.69, 9.17) is 6.57 Å². The molecule has 19 heavy (non-hydrogen) atoms. The Morgan fingerprint density at radius 2 is 1.32 bits per heavy atom. The van der Waals surface area contributed by atoms with Gasteiger partial charge in [0.1, 0.15) is 0 Å². The standard InChI is InChI=1S/C16H11NO2/c1-17-15(16(18)19)14(12-8-4-2-5-9-12)13-10-6-3-7-11-13/h2-11H,(H,18,19). The average Bonchev–Trinajstić information content (AvgIpc) is 2.46. The minimum absolute atomic E-state index is 0.266. The Morgan fingerprint density at radius 3 is 1.63 bits per heavy atom. The van der Waals surface area contributed by atoms with Gasteiger partial charge >= 0.3 is 5.97 Å². The Morgan fingerprint density at radius 1 is 0.895 bits per heavy atom. The summed E-state index contributed by atoms with van der Waals surface area (Å²) >= 11 is 0. The predicted octanol–water partition coefficient (Wildman–Crippen LogP) is 3.45. The van der Waals surface area contributed by atoms with Crippen LogP contribution in [0.4, 0.5) is 0 Å². The van der Waals surface area contributed by atoms with E-state index in [1.54, 1.807) is 24.3 Å². The highest BCUT2D eigenvalue weighted by Gasteiger charge is 2.17. The quantitative estimate of drug-likeness (QED) is 0.668. The van der Waals surface area contributed by atoms with E-state index < -0.39 is 5.97 Å². The maximum absolute atomic E-state index is 11.2. The van der Waals surface area contributed by atoms with Crippen molar-refractivity contribution in [3.63, 3.8) is 0 Å². The summed E-state index contributed by atoms with van der Waals surface area (Å²) in [4.78, 5) is 14.4. The third-order valence-corrected chi connectivity index (χ3v) is 2.68. The van der Waals surface area contributed by atoms with Crippen molar-refractivity contribution in [2.75, 3.05) is 0 Å². The molecule has 2 aromatic carbocycles. The molecule has 0 atom stereocenters. The number of hydrogen-bond donors (Lipinski definition) is 1. The highest BCUT2D eigenvalue weighted by Crippen LogP contribution is 2.27. The number of carboxylic acid groups (broad SMARTS) is 1. The van der Waals surface area contributed by atoms with Crippen molar-refractivity contribution in [1.82, 2.24) is 0 Å². The first-order valence-corrected chi connectivity index (χ1v) is 5.70. The first kappa shape index (κ1) is 12.6. The zero-order valence-corrected chi connectivity index (χ0v) is 10.1. The van der Waals surface area contributed by atoms with Gasteiger partial charge in [0.2, 0.25) is 0 Å². The van der Waals surface area contributed by atoms with E-state index in [-0.39, 0.29) is 5.70 Å². The smallest absolute Gasteiger partial charge is 0.334 e. The number of nitrogens with zero attached hydrogens (tertiary/aromatic N) is 1. The van der Waals surface area contributed by atoms with Gasteiger partial charge in [0.15, 0.2) is 0 Å². The SMILES string of the molecule is [C-]#[N+]C(C(=O)O)=C(c1ccccc1)c1ccccc1. The van der Waals surface area contributed by atoms with Crippen molar-refractivity contribution in [1.29, 1.82) is 0 Å². The number of rotatable bonds is 3. The lowest BCUT2D eigenvalue weighted by Crippen LogP contribution is -2.02. The summed E-state index contributed by atoms with van der Waals surface area (Å²) in [5, 5.41) is 9.19. The van der Waals surface area contributed by atoms with E-state index in [9.17, 15) is 9.90 Å². The highest BCUT2D eigenvalue weighted by atomic mass is 16.4. The molecule has 3 nitrogen and oxygen atoms in total. The molecule has 0 radical (unpaired) electrons. The van der Waals surface area contributed by atoms with Crippen LogP contribution >= 0.6 is 0 Å². The van der Waals surface area contributed by atoms with Crippen LogP contribution in [-0.4, -0.2) is 11.1 Å². The summed E-state index contributed by atoms with van der Waals surface area (Å²) in [5.41, 5.74) is 1.63. The van der Waals surface area contributed by atoms with Crippen LogP contribution in [0.1, 0.15) is 11.1 Å². The van der Waals surface area contributed by atoms with Crippen molar-refractivity contribution in [3.8, 4) is 0 Å². The minimum atomic E-state index is -1.21. The van der Waals surface area contributed by atoms with Gasteiger partial charge in [-0.3, -0.25) is 4.79 Å². The molecule has 2 aromatic rings. The number of benzene rings is 2. The molecule has 0 unspecified atom stereocenters. The zero-order valence-electron chi connectivity index (χ0n) is 10.1. The average molecular weight is 249 g/mol. The predicted molar refractivity (Wildman–Crippen MR) is 73.1 cm³/mol. The summed E-state index contributed by atoms with van der Waals surface area (Å²) in [6.07, 6.45) is 0. The van der Waals surface area contributed by atoms with Gasteiger partial charge in [-0.05, 0) is 11.1 Å². The molecule has 1 N–H and O–H groups in total. The van der Waals surface area contributed by atoms with Gasteiger partial charge in [0, 0.05) is 5.57 Å². The molecule has 0 bridgehead atoms. The first-order chi connectivity index (χ1) is 9.24. The maximum Gasteiger partial charge on any atom is 0.334 e. The van der Waals surface area contributed by atoms with Gasteiger partial charge in [-0.1, -0.05) is 60.7 Å². The first-order valence-electron chi connectivity index (χ1n) is 5.70. The molecule has 0 aliphatic heterocycles. The normalized spacial score (nSPS) is 9.42. The van der Waals surface area contributed by atoms with E-state index >= 15 is 0 Å². The third kappa shape index (κ3) is 2.70. The Kier molecular flexibility index (Phi) is 3.75. The van der Waals surface area contributed by atoms with E-state index in [0.29, 0.717) is 5.57 Å². The fourth-order valence-electron chi connectivity index (χ4n) is 1.86. The minimum Gasteiger partial charge on any atom is -0.486 e. The largest absolute Gasteiger partial charge is 0.486 e. The topological polar surface area (TPSA) is 41.7 Å². The lowest BCUT2D eigenvalue weighted by Gasteiger charge is -2.09. The molecule has 0 saturated carbocycles. The van der Waals surface area contributed by atoms with Gasteiger partial charge in [-0.2, -0.15) is 0 Å². The summed E-state index contributed by atoms with van der Waals surface area (Å²) in [7, 11) is 0. The maximum atomic E-state index is 11.2. The van der Waals surface area contributed by atoms with Crippen LogP contribution in [0.3, 0.4) is 0 Å². The van der Waals surface area contributed by atoms with Gasteiger partial charge < -0.3 is 5.11 Å². The van der Waals surface area contributed by atoms with Gasteiger partial charge in [0.25, 0.3) is 5.70 Å². The van der Waals surface area contributed by atoms with Crippen molar-refractivity contribution >= 4 is 11.5 Å². The van der Waals surface area contributed by atoms with Crippen molar-refractivity contribution in [3.05, 3.63) is 88.9 Å². The molecule has 0 fully saturated rings. The monoisotopic (exact) mass is 249 g/mol. The van der Waals surface area contributed by atoms with Crippen LogP contribution in [0.15, 0.2) is 66.4 Å². The Labute approximate surface area is 111 Å². The van der Waals surface area contributed by atoms with E-state index in [1.807, 2.05) is 36.4 Å². The lowest BCUT2D eigenvalue weighted by atomic mass is 9.96. The molecular formula is C16H11NO2. The molecule has 92 valence electrons. The van der Waals surface area contributed by atoms with Gasteiger partial charge in [0.05, 0.1) is 6.57 Å². The summed E-state index contributed by atoms with van der Waals surface area (Å²) < 4.78 is 0. The van der Waals surface area contributed by atoms with Crippen molar-refractivity contribution in [2.24, 2.45) is 0 Å². The number of hydrogen-bond acceptors (Lipinski definition) is 1. The van der Waals surface area contributed by atoms with Gasteiger partial charge in [-0.15, -0.1) is 0 Å². The summed E-state index contributed by atoms with van der Waals surface area (Å²) in [6, 6.07) is 18.2. The number of carboxylic acids is 1. The molecule has 0 aromatic heterocycles. The van der Waals surface area contributed by atoms with Crippen molar-refractivity contribution in [2.45, 2.75) is 0 Å². The fourth-order valence-corrected chi connectivity index (χ4v) is 1.86. The summed E-state index contributed by atoms with van der Waals surface area (Å²) in [6.45, 7) is 7.11. The molecule has 0 spiro atoms. The third-order valence-electron chi connectivity index (χ3n) is 2.68. The van der Waals surface area contributed by atoms with E-state index in [0.717, 1.165) is 11.1 Å². The molecule has 3 heteroatoms. The summed E-state index contributed by atoms with van der Waals surface area (Å²) in [5.74, 6) is -1.21. The Balaban J connectivity index is 2.73. The second-order valence-electron chi connectivity index (χ2n) is 3.87. The highest BCUT2D eigenvalue weighted by molar-refractivity contribution is 6.02. The van der Waals surface area contributed by atoms with Crippen LogP contribution < -0.4 is 0 Å².